The Balaban J connectivity index is 1.85. The molecule has 0 radical (unpaired) electrons. The van der Waals surface area contributed by atoms with Gasteiger partial charge in [-0.25, -0.2) is 0 Å². The number of nitrogens with one attached hydrogen (secondary N) is 1. The molecule has 0 saturated carbocycles. The molecule has 0 saturated heterocycles. The molecule has 4 heteroatoms. The summed E-state index contributed by atoms with van der Waals surface area (Å²) in [6.07, 6.45) is 3.42. The van der Waals surface area contributed by atoms with Crippen molar-refractivity contribution in [2.45, 2.75) is 13.5 Å². The van der Waals surface area contributed by atoms with Gasteiger partial charge < -0.3 is 10.1 Å². The highest BCUT2D eigenvalue weighted by Crippen LogP contribution is 2.16. The van der Waals surface area contributed by atoms with Crippen molar-refractivity contribution in [2.75, 3.05) is 7.11 Å². The van der Waals surface area contributed by atoms with Gasteiger partial charge >= 0.3 is 0 Å². The van der Waals surface area contributed by atoms with Gasteiger partial charge in [0.25, 0.3) is 0 Å². The highest BCUT2D eigenvalue weighted by Gasteiger charge is 1.99. The van der Waals surface area contributed by atoms with E-state index in [0.29, 0.717) is 6.54 Å². The molecule has 0 unspecified atom stereocenters. The number of aryl methyl sites for hydroxylation is 1. The molecule has 1 aromatic heterocycles. The minimum Gasteiger partial charge on any atom is -0.497 e. The fourth-order valence-electron chi connectivity index (χ4n) is 1.70. The molecule has 1 heterocycles. The first-order chi connectivity index (χ1) is 9.69. The summed E-state index contributed by atoms with van der Waals surface area (Å²) in [4.78, 5) is 12.8. The summed E-state index contributed by atoms with van der Waals surface area (Å²) in [6, 6.07) is 9.68. The number of ether oxygens (including phenoxy) is 1. The maximum atomic E-state index is 11.7. The summed E-state index contributed by atoms with van der Waals surface area (Å²) < 4.78 is 5.09. The Labute approximate surface area is 122 Å². The molecular formula is C16H17NO2S. The van der Waals surface area contributed by atoms with E-state index in [0.717, 1.165) is 16.2 Å². The third-order valence-electron chi connectivity index (χ3n) is 2.91. The Kier molecular flexibility index (Phi) is 4.96. The zero-order valence-corrected chi connectivity index (χ0v) is 12.4. The number of rotatable bonds is 5. The lowest BCUT2D eigenvalue weighted by molar-refractivity contribution is -0.116. The molecule has 20 heavy (non-hydrogen) atoms. The lowest BCUT2D eigenvalue weighted by Gasteiger charge is -2.04. The third kappa shape index (κ3) is 3.96. The van der Waals surface area contributed by atoms with E-state index in [4.69, 9.17) is 4.74 Å². The molecule has 0 spiro atoms. The second-order valence-electron chi connectivity index (χ2n) is 4.37. The van der Waals surface area contributed by atoms with E-state index in [1.165, 1.54) is 5.56 Å². The molecule has 0 atom stereocenters. The lowest BCUT2D eigenvalue weighted by Crippen LogP contribution is -2.20. The Morgan fingerprint density at radius 2 is 2.05 bits per heavy atom. The number of methoxy groups -OCH3 is 1. The van der Waals surface area contributed by atoms with Gasteiger partial charge in [0.1, 0.15) is 5.75 Å². The van der Waals surface area contributed by atoms with Crippen molar-refractivity contribution in [2.24, 2.45) is 0 Å². The van der Waals surface area contributed by atoms with Gasteiger partial charge in [-0.2, -0.15) is 0 Å². The standard InChI is InChI=1S/C16H17NO2S/c1-12-9-10-20-15(12)7-8-16(18)17-11-13-3-5-14(19-2)6-4-13/h3-10H,11H2,1-2H3,(H,17,18)/b8-7+. The highest BCUT2D eigenvalue weighted by molar-refractivity contribution is 7.11. The Morgan fingerprint density at radius 1 is 1.30 bits per heavy atom. The molecule has 0 bridgehead atoms. The SMILES string of the molecule is COc1ccc(CNC(=O)/C=C/c2sccc2C)cc1. The maximum absolute atomic E-state index is 11.7. The van der Waals surface area contributed by atoms with Crippen LogP contribution in [0, 0.1) is 6.92 Å². The van der Waals surface area contributed by atoms with Crippen LogP contribution in [-0.4, -0.2) is 13.0 Å². The molecule has 3 nitrogen and oxygen atoms in total. The largest absolute Gasteiger partial charge is 0.497 e. The van der Waals surface area contributed by atoms with Crippen LogP contribution in [0.15, 0.2) is 41.8 Å². The number of benzene rings is 1. The molecule has 0 fully saturated rings. The molecule has 0 aliphatic heterocycles. The number of carbonyl (C=O) groups is 1. The van der Waals surface area contributed by atoms with Gasteiger partial charge in [0, 0.05) is 17.5 Å². The van der Waals surface area contributed by atoms with Crippen LogP contribution in [-0.2, 0) is 11.3 Å². The van der Waals surface area contributed by atoms with E-state index < -0.39 is 0 Å². The quantitative estimate of drug-likeness (QED) is 0.856. The number of hydrogen-bond acceptors (Lipinski definition) is 3. The Morgan fingerprint density at radius 3 is 2.65 bits per heavy atom. The Hall–Kier alpha value is -2.07. The predicted octanol–water partition coefficient (Wildman–Crippen LogP) is 3.39. The average molecular weight is 287 g/mol. The summed E-state index contributed by atoms with van der Waals surface area (Å²) >= 11 is 1.63. The van der Waals surface area contributed by atoms with E-state index in [1.807, 2.05) is 48.7 Å². The van der Waals surface area contributed by atoms with Crippen molar-refractivity contribution in [1.29, 1.82) is 0 Å². The summed E-state index contributed by atoms with van der Waals surface area (Å²) in [7, 11) is 1.63. The van der Waals surface area contributed by atoms with Crippen molar-refractivity contribution in [3.8, 4) is 5.75 Å². The van der Waals surface area contributed by atoms with Crippen LogP contribution >= 0.6 is 11.3 Å². The van der Waals surface area contributed by atoms with E-state index in [9.17, 15) is 4.79 Å². The lowest BCUT2D eigenvalue weighted by atomic mass is 10.2. The van der Waals surface area contributed by atoms with Crippen molar-refractivity contribution in [3.63, 3.8) is 0 Å². The second-order valence-corrected chi connectivity index (χ2v) is 5.31. The molecule has 2 rings (SSSR count). The topological polar surface area (TPSA) is 38.3 Å². The van der Waals surface area contributed by atoms with Crippen molar-refractivity contribution >= 4 is 23.3 Å². The van der Waals surface area contributed by atoms with Gasteiger partial charge in [0.05, 0.1) is 7.11 Å². The van der Waals surface area contributed by atoms with Crippen LogP contribution in [0.25, 0.3) is 6.08 Å². The zero-order valence-electron chi connectivity index (χ0n) is 11.6. The molecular weight excluding hydrogens is 270 g/mol. The third-order valence-corrected chi connectivity index (χ3v) is 3.90. The second kappa shape index (κ2) is 6.91. The van der Waals surface area contributed by atoms with Crippen LogP contribution < -0.4 is 10.1 Å². The summed E-state index contributed by atoms with van der Waals surface area (Å²) in [6.45, 7) is 2.54. The summed E-state index contributed by atoms with van der Waals surface area (Å²) in [5.74, 6) is 0.724. The monoisotopic (exact) mass is 287 g/mol. The van der Waals surface area contributed by atoms with Gasteiger partial charge in [-0.3, -0.25) is 4.79 Å². The van der Waals surface area contributed by atoms with Crippen LogP contribution in [0.5, 0.6) is 5.75 Å². The molecule has 1 N–H and O–H groups in total. The van der Waals surface area contributed by atoms with E-state index in [2.05, 4.69) is 5.32 Å². The number of amides is 1. The summed E-state index contributed by atoms with van der Waals surface area (Å²) in [5, 5.41) is 4.87. The minimum absolute atomic E-state index is 0.0892. The van der Waals surface area contributed by atoms with Gasteiger partial charge in [-0.05, 0) is 47.7 Å². The fraction of sp³-hybridized carbons (Fsp3) is 0.188. The highest BCUT2D eigenvalue weighted by atomic mass is 32.1. The first kappa shape index (κ1) is 14.3. The van der Waals surface area contributed by atoms with Crippen molar-refractivity contribution in [1.82, 2.24) is 5.32 Å². The van der Waals surface area contributed by atoms with Crippen LogP contribution in [0.1, 0.15) is 16.0 Å². The molecule has 2 aromatic rings. The number of hydrogen-bond donors (Lipinski definition) is 1. The van der Waals surface area contributed by atoms with Crippen LogP contribution in [0.3, 0.4) is 0 Å². The Bertz CT molecular complexity index is 599. The first-order valence-electron chi connectivity index (χ1n) is 6.32. The predicted molar refractivity (Wildman–Crippen MR) is 82.9 cm³/mol. The van der Waals surface area contributed by atoms with Gasteiger partial charge in [-0.15, -0.1) is 11.3 Å². The smallest absolute Gasteiger partial charge is 0.244 e. The molecule has 1 amide bonds. The number of carbonyl (C=O) groups excluding carboxylic acids is 1. The van der Waals surface area contributed by atoms with Crippen LogP contribution in [0.4, 0.5) is 0 Å². The van der Waals surface area contributed by atoms with Crippen molar-refractivity contribution < 1.29 is 9.53 Å². The van der Waals surface area contributed by atoms with E-state index in [1.54, 1.807) is 24.5 Å². The first-order valence-corrected chi connectivity index (χ1v) is 7.20. The van der Waals surface area contributed by atoms with Gasteiger partial charge in [0.15, 0.2) is 0 Å². The molecule has 1 aromatic carbocycles. The molecule has 0 aliphatic rings. The van der Waals surface area contributed by atoms with E-state index >= 15 is 0 Å². The summed E-state index contributed by atoms with van der Waals surface area (Å²) in [5.41, 5.74) is 2.23. The van der Waals surface area contributed by atoms with Gasteiger partial charge in [0.2, 0.25) is 5.91 Å². The average Bonchev–Trinajstić information content (AvgIpc) is 2.89. The zero-order chi connectivity index (χ0) is 14.4. The minimum atomic E-state index is -0.0892. The number of thiophene rings is 1. The van der Waals surface area contributed by atoms with Gasteiger partial charge in [-0.1, -0.05) is 12.1 Å². The van der Waals surface area contributed by atoms with E-state index in [-0.39, 0.29) is 5.91 Å². The fourth-order valence-corrected chi connectivity index (χ4v) is 2.52. The maximum Gasteiger partial charge on any atom is 0.244 e. The normalized spacial score (nSPS) is 10.7. The van der Waals surface area contributed by atoms with Crippen molar-refractivity contribution in [3.05, 3.63) is 57.8 Å². The molecule has 104 valence electrons. The molecule has 0 aliphatic carbocycles. The van der Waals surface area contributed by atoms with Crippen LogP contribution in [0.2, 0.25) is 0 Å².